The van der Waals surface area contributed by atoms with Crippen molar-refractivity contribution in [1.29, 1.82) is 5.26 Å². The molecular weight excluding hydrogens is 537 g/mol. The predicted octanol–water partition coefficient (Wildman–Crippen LogP) is 5.26. The third kappa shape index (κ3) is 6.06. The lowest BCUT2D eigenvalue weighted by molar-refractivity contribution is -0.137. The monoisotopic (exact) mass is 562 g/mol. The SMILES string of the molecule is CC(=O)C1=C(C)NC(SCC(=O)Nc2cc(C(F)(F)F)ccc2N2CCOCC2)=C(C#N)C1c1cccs1. The fourth-order valence-corrected chi connectivity index (χ4v) is 6.18. The van der Waals surface area contributed by atoms with Gasteiger partial charge in [-0.25, -0.2) is 0 Å². The number of carbonyl (C=O) groups excluding carboxylic acids is 2. The molecule has 0 aliphatic carbocycles. The second-order valence-electron chi connectivity index (χ2n) is 8.69. The van der Waals surface area contributed by atoms with Gasteiger partial charge in [-0.15, -0.1) is 11.3 Å². The van der Waals surface area contributed by atoms with E-state index in [0.717, 1.165) is 28.8 Å². The second kappa shape index (κ2) is 11.6. The van der Waals surface area contributed by atoms with Gasteiger partial charge in [0.1, 0.15) is 0 Å². The molecule has 12 heteroatoms. The zero-order valence-corrected chi connectivity index (χ0v) is 22.3. The fraction of sp³-hybridized carbons (Fsp3) is 0.346. The molecule has 38 heavy (non-hydrogen) atoms. The summed E-state index contributed by atoms with van der Waals surface area (Å²) in [6.45, 7) is 5.02. The normalized spacial score (nSPS) is 18.2. The molecule has 3 heterocycles. The summed E-state index contributed by atoms with van der Waals surface area (Å²) in [5.41, 5.74) is 1.06. The molecule has 1 saturated heterocycles. The number of anilines is 2. The molecule has 1 fully saturated rings. The average molecular weight is 563 g/mol. The van der Waals surface area contributed by atoms with Crippen molar-refractivity contribution in [3.63, 3.8) is 0 Å². The molecule has 1 amide bonds. The highest BCUT2D eigenvalue weighted by Crippen LogP contribution is 2.42. The van der Waals surface area contributed by atoms with E-state index in [4.69, 9.17) is 4.74 Å². The Bertz CT molecular complexity index is 1320. The van der Waals surface area contributed by atoms with Crippen LogP contribution in [-0.2, 0) is 20.5 Å². The highest BCUT2D eigenvalue weighted by Gasteiger charge is 2.34. The number of amides is 1. The first kappa shape index (κ1) is 27.8. The van der Waals surface area contributed by atoms with Crippen LogP contribution in [-0.4, -0.2) is 43.7 Å². The summed E-state index contributed by atoms with van der Waals surface area (Å²) in [7, 11) is 0. The van der Waals surface area contributed by atoms with Crippen LogP contribution in [0.25, 0.3) is 0 Å². The van der Waals surface area contributed by atoms with Crippen LogP contribution in [0, 0.1) is 11.3 Å². The number of rotatable bonds is 7. The Hall–Kier alpha value is -3.27. The van der Waals surface area contributed by atoms with E-state index in [1.165, 1.54) is 24.3 Å². The van der Waals surface area contributed by atoms with Crippen LogP contribution in [0.1, 0.15) is 30.2 Å². The van der Waals surface area contributed by atoms with Gasteiger partial charge >= 0.3 is 6.18 Å². The van der Waals surface area contributed by atoms with Gasteiger partial charge in [-0.1, -0.05) is 17.8 Å². The number of nitrogens with one attached hydrogen (secondary N) is 2. The lowest BCUT2D eigenvalue weighted by Gasteiger charge is -2.31. The number of benzene rings is 1. The number of halogens is 3. The molecule has 1 aromatic heterocycles. The quantitative estimate of drug-likeness (QED) is 0.476. The van der Waals surface area contributed by atoms with E-state index in [0.29, 0.717) is 53.9 Å². The van der Waals surface area contributed by atoms with E-state index >= 15 is 0 Å². The van der Waals surface area contributed by atoms with Crippen LogP contribution in [0.4, 0.5) is 24.5 Å². The Balaban J connectivity index is 1.57. The molecule has 4 rings (SSSR count). The molecule has 1 unspecified atom stereocenters. The van der Waals surface area contributed by atoms with Gasteiger partial charge in [-0.05, 0) is 43.5 Å². The van der Waals surface area contributed by atoms with E-state index in [-0.39, 0.29) is 17.2 Å². The Labute approximate surface area is 226 Å². The minimum Gasteiger partial charge on any atom is -0.378 e. The van der Waals surface area contributed by atoms with Crippen molar-refractivity contribution in [3.05, 3.63) is 68.0 Å². The number of nitriles is 1. The van der Waals surface area contributed by atoms with Gasteiger partial charge in [0.2, 0.25) is 5.91 Å². The topological polar surface area (TPSA) is 94.5 Å². The molecule has 0 radical (unpaired) electrons. The van der Waals surface area contributed by atoms with Crippen molar-refractivity contribution in [1.82, 2.24) is 5.32 Å². The standard InChI is InChI=1S/C26H25F3N4O3S2/c1-15-23(16(2)34)24(21-4-3-11-37-21)18(13-30)25(31-15)38-14-22(35)32-19-12-17(26(27,28)29)5-6-20(19)33-7-9-36-10-8-33/h3-6,11-12,24,31H,7-10,14H2,1-2H3,(H,32,35). The molecule has 2 N–H and O–H groups in total. The minimum atomic E-state index is -4.56. The number of ketones is 1. The zero-order valence-electron chi connectivity index (χ0n) is 20.6. The molecule has 200 valence electrons. The number of thioether (sulfide) groups is 1. The first-order valence-electron chi connectivity index (χ1n) is 11.7. The van der Waals surface area contributed by atoms with Gasteiger partial charge in [-0.2, -0.15) is 18.4 Å². The van der Waals surface area contributed by atoms with E-state index in [1.54, 1.807) is 6.92 Å². The predicted molar refractivity (Wildman–Crippen MR) is 142 cm³/mol. The number of nitrogens with zero attached hydrogens (tertiary/aromatic N) is 2. The van der Waals surface area contributed by atoms with Crippen molar-refractivity contribution >= 4 is 46.2 Å². The zero-order chi connectivity index (χ0) is 27.4. The summed E-state index contributed by atoms with van der Waals surface area (Å²) in [5.74, 6) is -1.41. The fourth-order valence-electron chi connectivity index (χ4n) is 4.45. The van der Waals surface area contributed by atoms with Crippen LogP contribution in [0.2, 0.25) is 0 Å². The molecule has 0 spiro atoms. The number of alkyl halides is 3. The summed E-state index contributed by atoms with van der Waals surface area (Å²) >= 11 is 2.49. The van der Waals surface area contributed by atoms with Crippen LogP contribution in [0.3, 0.4) is 0 Å². The molecule has 0 saturated carbocycles. The number of morpholine rings is 1. The maximum Gasteiger partial charge on any atom is 0.416 e. The molecule has 0 bridgehead atoms. The summed E-state index contributed by atoms with van der Waals surface area (Å²) in [4.78, 5) is 28.1. The number of carbonyl (C=O) groups is 2. The molecular formula is C26H25F3N4O3S2. The van der Waals surface area contributed by atoms with Crippen LogP contribution in [0.15, 0.2) is 57.6 Å². The molecule has 2 aromatic rings. The number of ether oxygens (including phenoxy) is 1. The summed E-state index contributed by atoms with van der Waals surface area (Å²) in [6, 6.07) is 9.17. The van der Waals surface area contributed by atoms with E-state index < -0.39 is 23.6 Å². The van der Waals surface area contributed by atoms with Crippen molar-refractivity contribution < 1.29 is 27.5 Å². The second-order valence-corrected chi connectivity index (χ2v) is 10.7. The third-order valence-corrected chi connectivity index (χ3v) is 8.11. The highest BCUT2D eigenvalue weighted by molar-refractivity contribution is 8.03. The molecule has 7 nitrogen and oxygen atoms in total. The van der Waals surface area contributed by atoms with Gasteiger partial charge < -0.3 is 20.3 Å². The number of dihydropyridines is 1. The summed E-state index contributed by atoms with van der Waals surface area (Å²) in [5, 5.41) is 18.0. The maximum atomic E-state index is 13.4. The Morgan fingerprint density at radius 2 is 2.03 bits per heavy atom. The molecule has 1 aromatic carbocycles. The lowest BCUT2D eigenvalue weighted by atomic mass is 9.85. The van der Waals surface area contributed by atoms with Crippen molar-refractivity contribution in [2.45, 2.75) is 25.9 Å². The summed E-state index contributed by atoms with van der Waals surface area (Å²) in [6.07, 6.45) is -4.56. The number of hydrogen-bond donors (Lipinski definition) is 2. The van der Waals surface area contributed by atoms with Crippen molar-refractivity contribution in [3.8, 4) is 6.07 Å². The molecule has 1 atom stereocenters. The first-order chi connectivity index (χ1) is 18.1. The van der Waals surface area contributed by atoms with Crippen molar-refractivity contribution in [2.24, 2.45) is 0 Å². The van der Waals surface area contributed by atoms with Gasteiger partial charge in [0.05, 0.1) is 58.5 Å². The average Bonchev–Trinajstić information content (AvgIpc) is 3.41. The van der Waals surface area contributed by atoms with E-state index in [1.807, 2.05) is 22.4 Å². The van der Waals surface area contributed by atoms with Crippen LogP contribution in [0.5, 0.6) is 0 Å². The van der Waals surface area contributed by atoms with Crippen molar-refractivity contribution in [2.75, 3.05) is 42.3 Å². The van der Waals surface area contributed by atoms with E-state index in [2.05, 4.69) is 16.7 Å². The highest BCUT2D eigenvalue weighted by atomic mass is 32.2. The third-order valence-electron chi connectivity index (χ3n) is 6.15. The number of thiophene rings is 1. The Morgan fingerprint density at radius 1 is 1.29 bits per heavy atom. The summed E-state index contributed by atoms with van der Waals surface area (Å²) < 4.78 is 45.6. The first-order valence-corrected chi connectivity index (χ1v) is 13.6. The van der Waals surface area contributed by atoms with Gasteiger partial charge in [-0.3, -0.25) is 9.59 Å². The number of Topliss-reactive ketones (excluding diaryl/α,β-unsaturated/α-hetero) is 1. The maximum absolute atomic E-state index is 13.4. The largest absolute Gasteiger partial charge is 0.416 e. The van der Waals surface area contributed by atoms with E-state index in [9.17, 15) is 28.0 Å². The Morgan fingerprint density at radius 3 is 2.63 bits per heavy atom. The van der Waals surface area contributed by atoms with Crippen LogP contribution < -0.4 is 15.5 Å². The minimum absolute atomic E-state index is 0.0600. The van der Waals surface area contributed by atoms with Gasteiger partial charge in [0, 0.05) is 29.2 Å². The number of allylic oxidation sites excluding steroid dienone is 3. The van der Waals surface area contributed by atoms with Gasteiger partial charge in [0.15, 0.2) is 5.78 Å². The Kier molecular flexibility index (Phi) is 8.50. The lowest BCUT2D eigenvalue weighted by Crippen LogP contribution is -2.37. The molecule has 2 aliphatic rings. The van der Waals surface area contributed by atoms with Gasteiger partial charge in [0.25, 0.3) is 0 Å². The van der Waals surface area contributed by atoms with Crippen LogP contribution >= 0.6 is 23.1 Å². The smallest absolute Gasteiger partial charge is 0.378 e. The number of hydrogen-bond acceptors (Lipinski definition) is 8. The molecule has 2 aliphatic heterocycles.